The fourth-order valence-electron chi connectivity index (χ4n) is 2.60. The number of nitrogens with zero attached hydrogens (tertiary/aromatic N) is 1. The van der Waals surface area contributed by atoms with Gasteiger partial charge in [-0.15, -0.1) is 11.8 Å². The molecule has 0 radical (unpaired) electrons. The van der Waals surface area contributed by atoms with Crippen molar-refractivity contribution in [2.75, 3.05) is 6.26 Å². The summed E-state index contributed by atoms with van der Waals surface area (Å²) in [7, 11) is -1.96. The Morgan fingerprint density at radius 2 is 2.00 bits per heavy atom. The fourth-order valence-corrected chi connectivity index (χ4v) is 4.40. The first kappa shape index (κ1) is 25.8. The Morgan fingerprint density at radius 1 is 1.31 bits per heavy atom. The van der Waals surface area contributed by atoms with Crippen LogP contribution in [0.25, 0.3) is 5.57 Å². The molecule has 0 saturated heterocycles. The highest BCUT2D eigenvalue weighted by molar-refractivity contribution is 8.15. The third-order valence-electron chi connectivity index (χ3n) is 4.42. The van der Waals surface area contributed by atoms with Gasteiger partial charge in [0.25, 0.3) is 0 Å². The number of hydrogen-bond donors (Lipinski definition) is 2. The molecule has 32 heavy (non-hydrogen) atoms. The Morgan fingerprint density at radius 3 is 2.53 bits per heavy atom. The molecule has 12 heteroatoms. The van der Waals surface area contributed by atoms with Crippen LogP contribution in [0.5, 0.6) is 0 Å². The smallest absolute Gasteiger partial charge is 0.452 e. The number of hydrogen-bond acceptors (Lipinski definition) is 5. The molecule has 0 aliphatic heterocycles. The number of aromatic nitrogens is 1. The zero-order chi connectivity index (χ0) is 24.1. The van der Waals surface area contributed by atoms with Gasteiger partial charge in [0.15, 0.2) is 0 Å². The SMILES string of the molecule is CS/C(=C\C=C(/C)c1cc(C(F)(F)F)on1)S(=O)NC(C(=O)O)C(C)c1cccc(F)c1. The molecule has 3 unspecified atom stereocenters. The van der Waals surface area contributed by atoms with E-state index in [1.54, 1.807) is 19.2 Å². The lowest BCUT2D eigenvalue weighted by Gasteiger charge is -2.21. The molecule has 0 bridgehead atoms. The lowest BCUT2D eigenvalue weighted by atomic mass is 9.94. The molecule has 3 atom stereocenters. The number of halogens is 4. The van der Waals surface area contributed by atoms with Gasteiger partial charge in [-0.1, -0.05) is 30.3 Å². The van der Waals surface area contributed by atoms with Crippen molar-refractivity contribution in [3.05, 3.63) is 69.6 Å². The van der Waals surface area contributed by atoms with Crippen molar-refractivity contribution in [3.8, 4) is 0 Å². The van der Waals surface area contributed by atoms with E-state index in [2.05, 4.69) is 14.4 Å². The van der Waals surface area contributed by atoms with Crippen molar-refractivity contribution in [1.82, 2.24) is 9.88 Å². The van der Waals surface area contributed by atoms with Gasteiger partial charge in [0.2, 0.25) is 5.76 Å². The van der Waals surface area contributed by atoms with E-state index in [1.165, 1.54) is 37.3 Å². The number of nitrogens with one attached hydrogen (secondary N) is 1. The van der Waals surface area contributed by atoms with Crippen LogP contribution in [-0.4, -0.2) is 32.7 Å². The van der Waals surface area contributed by atoms with Gasteiger partial charge in [-0.05, 0) is 42.5 Å². The van der Waals surface area contributed by atoms with Crippen LogP contribution in [0.4, 0.5) is 17.6 Å². The number of aliphatic carboxylic acids is 1. The number of rotatable bonds is 9. The highest BCUT2D eigenvalue weighted by Crippen LogP contribution is 2.31. The molecule has 0 amide bonds. The van der Waals surface area contributed by atoms with Crippen molar-refractivity contribution in [2.45, 2.75) is 32.0 Å². The molecule has 1 aromatic heterocycles. The average Bonchev–Trinajstić information content (AvgIpc) is 3.22. The molecule has 2 N–H and O–H groups in total. The molecule has 6 nitrogen and oxygen atoms in total. The first-order valence-corrected chi connectivity index (χ1v) is 11.4. The fraction of sp³-hybridized carbons (Fsp3) is 0.300. The number of alkyl halides is 3. The zero-order valence-corrected chi connectivity index (χ0v) is 18.8. The summed E-state index contributed by atoms with van der Waals surface area (Å²) in [5.74, 6) is -3.74. The highest BCUT2D eigenvalue weighted by Gasteiger charge is 2.36. The largest absolute Gasteiger partial charge is 0.480 e. The summed E-state index contributed by atoms with van der Waals surface area (Å²) in [5.41, 5.74) is 0.686. The third kappa shape index (κ3) is 6.78. The molecular weight excluding hydrogens is 472 g/mol. The standard InChI is InChI=1S/C20H20F4N2O4S2/c1-11(15-10-16(30-25-15)20(22,23)24)7-8-17(31-3)32(29)26-18(19(27)28)12(2)13-5-4-6-14(21)9-13/h4-10,12,18,26H,1-3H3,(H,27,28)/b11-7+,17-8+. The molecule has 0 saturated carbocycles. The van der Waals surface area contributed by atoms with E-state index in [1.807, 2.05) is 0 Å². The van der Waals surface area contributed by atoms with Crippen LogP contribution >= 0.6 is 11.8 Å². The van der Waals surface area contributed by atoms with E-state index in [0.29, 0.717) is 11.1 Å². The van der Waals surface area contributed by atoms with E-state index in [0.717, 1.165) is 17.8 Å². The first-order valence-electron chi connectivity index (χ1n) is 9.07. The van der Waals surface area contributed by atoms with Crippen LogP contribution in [0, 0.1) is 5.82 Å². The van der Waals surface area contributed by atoms with Gasteiger partial charge in [0.05, 0.1) is 4.24 Å². The summed E-state index contributed by atoms with van der Waals surface area (Å²) in [4.78, 5) is 11.7. The molecule has 0 aliphatic rings. The molecule has 0 spiro atoms. The lowest BCUT2D eigenvalue weighted by molar-refractivity contribution is -0.155. The molecule has 1 heterocycles. The summed E-state index contributed by atoms with van der Waals surface area (Å²) < 4.78 is 71.2. The van der Waals surface area contributed by atoms with Gasteiger partial charge >= 0.3 is 12.1 Å². The van der Waals surface area contributed by atoms with Crippen molar-refractivity contribution in [3.63, 3.8) is 0 Å². The molecule has 174 valence electrons. The maximum atomic E-state index is 13.5. The van der Waals surface area contributed by atoms with Crippen molar-refractivity contribution in [2.24, 2.45) is 0 Å². The van der Waals surface area contributed by atoms with Crippen LogP contribution in [0.3, 0.4) is 0 Å². The van der Waals surface area contributed by atoms with Crippen molar-refractivity contribution >= 4 is 34.3 Å². The Hall–Kier alpha value is -2.44. The molecule has 1 aromatic carbocycles. The van der Waals surface area contributed by atoms with Crippen LogP contribution in [0.15, 0.2) is 51.2 Å². The average molecular weight is 493 g/mol. The highest BCUT2D eigenvalue weighted by atomic mass is 32.2. The number of carboxylic acids is 1. The summed E-state index contributed by atoms with van der Waals surface area (Å²) >= 11 is 1.07. The summed E-state index contributed by atoms with van der Waals surface area (Å²) in [5, 5.41) is 12.9. The Labute approximate surface area is 188 Å². The maximum absolute atomic E-state index is 13.5. The topological polar surface area (TPSA) is 92.4 Å². The molecule has 2 rings (SSSR count). The van der Waals surface area contributed by atoms with Crippen LogP contribution in [0.1, 0.15) is 36.8 Å². The second kappa shape index (κ2) is 10.9. The number of carboxylic acid groups (broad SMARTS) is 1. The van der Waals surface area contributed by atoms with Crippen LogP contribution in [0.2, 0.25) is 0 Å². The summed E-state index contributed by atoms with van der Waals surface area (Å²) in [6.45, 7) is 3.06. The second-order valence-electron chi connectivity index (χ2n) is 6.66. The van der Waals surface area contributed by atoms with E-state index in [-0.39, 0.29) is 9.93 Å². The minimum atomic E-state index is -4.67. The van der Waals surface area contributed by atoms with Crippen LogP contribution < -0.4 is 4.72 Å². The number of benzene rings is 1. The van der Waals surface area contributed by atoms with E-state index < -0.39 is 46.7 Å². The van der Waals surface area contributed by atoms with E-state index in [4.69, 9.17) is 0 Å². The third-order valence-corrected chi connectivity index (χ3v) is 6.88. The Kier molecular flexibility index (Phi) is 8.81. The van der Waals surface area contributed by atoms with Gasteiger partial charge in [-0.25, -0.2) is 13.3 Å². The van der Waals surface area contributed by atoms with Crippen molar-refractivity contribution in [1.29, 1.82) is 0 Å². The Balaban J connectivity index is 2.20. The zero-order valence-electron chi connectivity index (χ0n) is 17.1. The van der Waals surface area contributed by atoms with Gasteiger partial charge in [-0.2, -0.15) is 13.2 Å². The molecular formula is C20H20F4N2O4S2. The summed E-state index contributed by atoms with van der Waals surface area (Å²) in [6.07, 6.45) is -0.272. The van der Waals surface area contributed by atoms with Gasteiger partial charge in [0, 0.05) is 12.0 Å². The minimum Gasteiger partial charge on any atom is -0.480 e. The second-order valence-corrected chi connectivity index (χ2v) is 8.98. The Bertz CT molecular complexity index is 1050. The number of allylic oxidation sites excluding steroid dienone is 3. The predicted molar refractivity (Wildman–Crippen MR) is 114 cm³/mol. The molecule has 0 fully saturated rings. The van der Waals surface area contributed by atoms with Gasteiger partial charge in [0.1, 0.15) is 28.5 Å². The lowest BCUT2D eigenvalue weighted by Crippen LogP contribution is -2.41. The molecule has 0 aliphatic carbocycles. The monoisotopic (exact) mass is 492 g/mol. The van der Waals surface area contributed by atoms with E-state index in [9.17, 15) is 31.7 Å². The van der Waals surface area contributed by atoms with Crippen molar-refractivity contribution < 1.29 is 36.2 Å². The minimum absolute atomic E-state index is 0.0455. The first-order chi connectivity index (χ1) is 14.9. The van der Waals surface area contributed by atoms with Crippen LogP contribution in [-0.2, 0) is 22.0 Å². The predicted octanol–water partition coefficient (Wildman–Crippen LogP) is 4.95. The quantitative estimate of drug-likeness (QED) is 0.380. The van der Waals surface area contributed by atoms with E-state index >= 15 is 0 Å². The summed E-state index contributed by atoms with van der Waals surface area (Å²) in [6, 6.07) is 4.91. The number of thioether (sulfide) groups is 1. The number of carbonyl (C=O) groups is 1. The normalized spacial score (nSPS) is 16.0. The van der Waals surface area contributed by atoms with Gasteiger partial charge in [-0.3, -0.25) is 4.79 Å². The van der Waals surface area contributed by atoms with Gasteiger partial charge < -0.3 is 9.63 Å². The molecule has 2 aromatic rings. The maximum Gasteiger partial charge on any atom is 0.452 e.